The molecule has 7 nitrogen and oxygen atoms in total. The zero-order chi connectivity index (χ0) is 20.8. The van der Waals surface area contributed by atoms with Gasteiger partial charge in [-0.15, -0.1) is 0 Å². The average Bonchev–Trinajstić information content (AvgIpc) is 3.20. The second-order valence-corrected chi connectivity index (χ2v) is 6.84. The van der Waals surface area contributed by atoms with Gasteiger partial charge < -0.3 is 19.5 Å². The molecule has 1 heterocycles. The van der Waals surface area contributed by atoms with Gasteiger partial charge in [-0.1, -0.05) is 19.0 Å². The molecule has 0 aliphatic carbocycles. The van der Waals surface area contributed by atoms with Crippen LogP contribution in [0.15, 0.2) is 53.1 Å². The van der Waals surface area contributed by atoms with Crippen molar-refractivity contribution in [2.75, 3.05) is 25.5 Å². The number of benzene rings is 2. The summed E-state index contributed by atoms with van der Waals surface area (Å²) in [7, 11) is 1.67. The SMILES string of the molecule is CC(C)c1noc(-c2ccc(NC(=O)N(C)CCOc3ccc(F)cc3)cc2)n1. The molecule has 0 aliphatic rings. The van der Waals surface area contributed by atoms with Crippen molar-refractivity contribution in [1.82, 2.24) is 15.0 Å². The molecule has 0 atom stereocenters. The lowest BCUT2D eigenvalue weighted by molar-refractivity contribution is 0.207. The highest BCUT2D eigenvalue weighted by Gasteiger charge is 2.12. The quantitative estimate of drug-likeness (QED) is 0.632. The van der Waals surface area contributed by atoms with E-state index in [0.717, 1.165) is 5.56 Å². The maximum absolute atomic E-state index is 12.9. The number of halogens is 1. The summed E-state index contributed by atoms with van der Waals surface area (Å²) in [5.41, 5.74) is 1.43. The largest absolute Gasteiger partial charge is 0.492 e. The van der Waals surface area contributed by atoms with E-state index in [2.05, 4.69) is 15.5 Å². The first-order valence-electron chi connectivity index (χ1n) is 9.27. The third-order valence-electron chi connectivity index (χ3n) is 4.20. The number of rotatable bonds is 7. The minimum Gasteiger partial charge on any atom is -0.492 e. The lowest BCUT2D eigenvalue weighted by atomic mass is 10.2. The van der Waals surface area contributed by atoms with E-state index in [1.54, 1.807) is 31.3 Å². The molecule has 2 amide bonds. The molecule has 0 saturated carbocycles. The zero-order valence-corrected chi connectivity index (χ0v) is 16.6. The fraction of sp³-hybridized carbons (Fsp3) is 0.286. The molecule has 3 aromatic rings. The van der Waals surface area contributed by atoms with Crippen molar-refractivity contribution in [1.29, 1.82) is 0 Å². The van der Waals surface area contributed by atoms with Gasteiger partial charge in [0.25, 0.3) is 5.89 Å². The van der Waals surface area contributed by atoms with Gasteiger partial charge in [0.1, 0.15) is 18.2 Å². The average molecular weight is 398 g/mol. The molecule has 0 aliphatic heterocycles. The molecule has 0 bridgehead atoms. The number of carbonyl (C=O) groups excluding carboxylic acids is 1. The van der Waals surface area contributed by atoms with Gasteiger partial charge >= 0.3 is 6.03 Å². The van der Waals surface area contributed by atoms with Crippen LogP contribution in [-0.2, 0) is 0 Å². The number of amides is 2. The summed E-state index contributed by atoms with van der Waals surface area (Å²) < 4.78 is 23.6. The molecule has 29 heavy (non-hydrogen) atoms. The molecule has 8 heteroatoms. The standard InChI is InChI=1S/C21H23FN4O3/c1-14(2)19-24-20(29-25-19)15-4-8-17(9-5-15)23-21(27)26(3)12-13-28-18-10-6-16(22)7-11-18/h4-11,14H,12-13H2,1-3H3,(H,23,27). The van der Waals surface area contributed by atoms with Crippen LogP contribution >= 0.6 is 0 Å². The lowest BCUT2D eigenvalue weighted by Gasteiger charge is -2.18. The number of likely N-dealkylation sites (N-methyl/N-ethyl adjacent to an activating group) is 1. The zero-order valence-electron chi connectivity index (χ0n) is 16.6. The van der Waals surface area contributed by atoms with Gasteiger partial charge in [-0.05, 0) is 48.5 Å². The van der Waals surface area contributed by atoms with E-state index in [4.69, 9.17) is 9.26 Å². The Morgan fingerprint density at radius 2 is 1.86 bits per heavy atom. The fourth-order valence-electron chi connectivity index (χ4n) is 2.43. The van der Waals surface area contributed by atoms with Gasteiger partial charge in [0.15, 0.2) is 5.82 Å². The first kappa shape index (κ1) is 20.3. The van der Waals surface area contributed by atoms with Gasteiger partial charge in [-0.3, -0.25) is 0 Å². The molecule has 1 aromatic heterocycles. The van der Waals surface area contributed by atoms with Gasteiger partial charge in [-0.2, -0.15) is 4.98 Å². The summed E-state index contributed by atoms with van der Waals surface area (Å²) in [6, 6.07) is 12.6. The van der Waals surface area contributed by atoms with Crippen molar-refractivity contribution in [2.45, 2.75) is 19.8 Å². The van der Waals surface area contributed by atoms with Crippen LogP contribution in [0.2, 0.25) is 0 Å². The van der Waals surface area contributed by atoms with E-state index < -0.39 is 0 Å². The molecular formula is C21H23FN4O3. The molecule has 0 saturated heterocycles. The van der Waals surface area contributed by atoms with Crippen LogP contribution < -0.4 is 10.1 Å². The Morgan fingerprint density at radius 1 is 1.17 bits per heavy atom. The Hall–Kier alpha value is -3.42. The maximum Gasteiger partial charge on any atom is 0.321 e. The second kappa shape index (κ2) is 9.18. The maximum atomic E-state index is 12.9. The summed E-state index contributed by atoms with van der Waals surface area (Å²) in [6.07, 6.45) is 0. The summed E-state index contributed by atoms with van der Waals surface area (Å²) in [5, 5.41) is 6.76. The van der Waals surface area contributed by atoms with Crippen molar-refractivity contribution < 1.29 is 18.4 Å². The number of urea groups is 1. The van der Waals surface area contributed by atoms with Gasteiger partial charge in [-0.25, -0.2) is 9.18 Å². The summed E-state index contributed by atoms with van der Waals surface area (Å²) in [6.45, 7) is 4.66. The van der Waals surface area contributed by atoms with Crippen molar-refractivity contribution in [2.24, 2.45) is 0 Å². The number of nitrogens with zero attached hydrogens (tertiary/aromatic N) is 3. The number of aromatic nitrogens is 2. The van der Waals surface area contributed by atoms with Crippen LogP contribution in [0.4, 0.5) is 14.9 Å². The molecule has 0 fully saturated rings. The number of hydrogen-bond acceptors (Lipinski definition) is 5. The van der Waals surface area contributed by atoms with Crippen molar-refractivity contribution in [3.63, 3.8) is 0 Å². The van der Waals surface area contributed by atoms with E-state index in [1.165, 1.54) is 17.0 Å². The smallest absolute Gasteiger partial charge is 0.321 e. The van der Waals surface area contributed by atoms with Crippen molar-refractivity contribution in [3.05, 3.63) is 60.2 Å². The minimum atomic E-state index is -0.320. The van der Waals surface area contributed by atoms with Crippen LogP contribution in [0, 0.1) is 5.82 Å². The number of anilines is 1. The van der Waals surface area contributed by atoms with E-state index in [1.807, 2.05) is 26.0 Å². The summed E-state index contributed by atoms with van der Waals surface area (Å²) >= 11 is 0. The first-order chi connectivity index (χ1) is 13.9. The van der Waals surface area contributed by atoms with Crippen molar-refractivity contribution in [3.8, 4) is 17.2 Å². The van der Waals surface area contributed by atoms with Crippen molar-refractivity contribution >= 4 is 11.7 Å². The van der Waals surface area contributed by atoms with E-state index in [-0.39, 0.29) is 17.8 Å². The predicted molar refractivity (Wildman–Crippen MR) is 107 cm³/mol. The topological polar surface area (TPSA) is 80.5 Å². The van der Waals surface area contributed by atoms with E-state index >= 15 is 0 Å². The summed E-state index contributed by atoms with van der Waals surface area (Å²) in [5.74, 6) is 1.52. The Morgan fingerprint density at radius 3 is 2.48 bits per heavy atom. The molecular weight excluding hydrogens is 375 g/mol. The normalized spacial score (nSPS) is 10.8. The van der Waals surface area contributed by atoms with Gasteiger partial charge in [0, 0.05) is 24.2 Å². The monoisotopic (exact) mass is 398 g/mol. The fourth-order valence-corrected chi connectivity index (χ4v) is 2.43. The van der Waals surface area contributed by atoms with Crippen LogP contribution in [0.1, 0.15) is 25.6 Å². The molecule has 0 spiro atoms. The number of carbonyl (C=O) groups is 1. The van der Waals surface area contributed by atoms with Gasteiger partial charge in [0.2, 0.25) is 0 Å². The van der Waals surface area contributed by atoms with Crippen LogP contribution in [0.5, 0.6) is 5.75 Å². The molecule has 0 radical (unpaired) electrons. The Bertz CT molecular complexity index is 939. The Kier molecular flexibility index (Phi) is 6.43. The molecule has 3 rings (SSSR count). The Labute approximate surface area is 168 Å². The third kappa shape index (κ3) is 5.54. The lowest BCUT2D eigenvalue weighted by Crippen LogP contribution is -2.34. The highest BCUT2D eigenvalue weighted by Crippen LogP contribution is 2.22. The van der Waals surface area contributed by atoms with Crippen LogP contribution in [-0.4, -0.2) is 41.3 Å². The number of ether oxygens (including phenoxy) is 1. The molecule has 1 N–H and O–H groups in total. The third-order valence-corrected chi connectivity index (χ3v) is 4.20. The van der Waals surface area contributed by atoms with Gasteiger partial charge in [0.05, 0.1) is 6.54 Å². The molecule has 152 valence electrons. The number of nitrogens with one attached hydrogen (secondary N) is 1. The second-order valence-electron chi connectivity index (χ2n) is 6.84. The number of hydrogen-bond donors (Lipinski definition) is 1. The molecule has 2 aromatic carbocycles. The molecule has 0 unspecified atom stereocenters. The van der Waals surface area contributed by atoms with Crippen LogP contribution in [0.3, 0.4) is 0 Å². The highest BCUT2D eigenvalue weighted by atomic mass is 19.1. The first-order valence-corrected chi connectivity index (χ1v) is 9.27. The van der Waals surface area contributed by atoms with E-state index in [9.17, 15) is 9.18 Å². The van der Waals surface area contributed by atoms with E-state index in [0.29, 0.717) is 36.3 Å². The minimum absolute atomic E-state index is 0.189. The summed E-state index contributed by atoms with van der Waals surface area (Å²) in [4.78, 5) is 18.2. The highest BCUT2D eigenvalue weighted by molar-refractivity contribution is 5.89. The van der Waals surface area contributed by atoms with Crippen LogP contribution in [0.25, 0.3) is 11.5 Å². The predicted octanol–water partition coefficient (Wildman–Crippen LogP) is 4.54. The Balaban J connectivity index is 1.49.